The van der Waals surface area contributed by atoms with Crippen LogP contribution in [0.3, 0.4) is 0 Å². The summed E-state index contributed by atoms with van der Waals surface area (Å²) >= 11 is 0. The van der Waals surface area contributed by atoms with Gasteiger partial charge in [-0.1, -0.05) is 13.3 Å². The van der Waals surface area contributed by atoms with E-state index in [-0.39, 0.29) is 0 Å². The molecule has 2 aliphatic rings. The van der Waals surface area contributed by atoms with Crippen LogP contribution in [0.1, 0.15) is 58.3 Å². The van der Waals surface area contributed by atoms with Gasteiger partial charge in [0.15, 0.2) is 0 Å². The molecule has 0 unspecified atom stereocenters. The zero-order valence-electron chi connectivity index (χ0n) is 10.5. The molecular weight excluding hydrogens is 196 g/mol. The number of piperidine rings is 1. The first-order valence-corrected chi connectivity index (χ1v) is 6.84. The van der Waals surface area contributed by atoms with E-state index < -0.39 is 0 Å². The van der Waals surface area contributed by atoms with Crippen molar-refractivity contribution in [2.75, 3.05) is 13.1 Å². The predicted molar refractivity (Wildman–Crippen MR) is 66.0 cm³/mol. The van der Waals surface area contributed by atoms with E-state index in [9.17, 15) is 0 Å². The highest BCUT2D eigenvalue weighted by atomic mass is 15.2. The van der Waals surface area contributed by atoms with Gasteiger partial charge >= 0.3 is 0 Å². The number of nitrogens with zero attached hydrogens (tertiary/aromatic N) is 2. The number of nitriles is 1. The molecule has 0 N–H and O–H groups in total. The summed E-state index contributed by atoms with van der Waals surface area (Å²) < 4.78 is 0. The molecule has 0 aromatic rings. The van der Waals surface area contributed by atoms with Crippen molar-refractivity contribution >= 4 is 0 Å². The molecule has 0 amide bonds. The Bertz CT molecular complexity index is 252. The topological polar surface area (TPSA) is 27.0 Å². The fraction of sp³-hybridized carbons (Fsp3) is 0.929. The molecular formula is C14H24N2. The lowest BCUT2D eigenvalue weighted by Gasteiger charge is -2.42. The van der Waals surface area contributed by atoms with E-state index in [2.05, 4.69) is 17.9 Å². The van der Waals surface area contributed by atoms with Crippen molar-refractivity contribution in [3.05, 3.63) is 0 Å². The molecule has 16 heavy (non-hydrogen) atoms. The molecule has 1 aliphatic heterocycles. The Kier molecular flexibility index (Phi) is 3.86. The highest BCUT2D eigenvalue weighted by Crippen LogP contribution is 2.40. The fourth-order valence-electron chi connectivity index (χ4n) is 3.32. The van der Waals surface area contributed by atoms with E-state index in [0.717, 1.165) is 12.5 Å². The van der Waals surface area contributed by atoms with Crippen LogP contribution in [-0.2, 0) is 0 Å². The van der Waals surface area contributed by atoms with Gasteiger partial charge in [-0.2, -0.15) is 5.26 Å². The Hall–Kier alpha value is -0.550. The molecule has 1 heterocycles. The smallest absolute Gasteiger partial charge is 0.0627 e. The third-order valence-electron chi connectivity index (χ3n) is 4.58. The Morgan fingerprint density at radius 1 is 1.19 bits per heavy atom. The first-order valence-electron chi connectivity index (χ1n) is 6.84. The highest BCUT2D eigenvalue weighted by molar-refractivity contribution is 4.92. The van der Waals surface area contributed by atoms with Gasteiger partial charge in [0.05, 0.1) is 6.07 Å². The number of hydrogen-bond acceptors (Lipinski definition) is 2. The minimum atomic E-state index is 0.320. The van der Waals surface area contributed by atoms with Crippen molar-refractivity contribution in [1.82, 2.24) is 4.90 Å². The molecule has 2 fully saturated rings. The summed E-state index contributed by atoms with van der Waals surface area (Å²) in [7, 11) is 0. The molecule has 90 valence electrons. The van der Waals surface area contributed by atoms with Crippen molar-refractivity contribution in [1.29, 1.82) is 5.26 Å². The second-order valence-corrected chi connectivity index (χ2v) is 5.97. The van der Waals surface area contributed by atoms with Crippen LogP contribution in [0.15, 0.2) is 0 Å². The first-order chi connectivity index (χ1) is 7.73. The second-order valence-electron chi connectivity index (χ2n) is 5.97. The average molecular weight is 220 g/mol. The molecule has 0 bridgehead atoms. The average Bonchev–Trinajstić information content (AvgIpc) is 2.31. The van der Waals surface area contributed by atoms with Gasteiger partial charge in [-0.15, -0.1) is 0 Å². The SMILES string of the molecule is CC1(CC#N)CCC(N2CCCCC2)CC1. The van der Waals surface area contributed by atoms with Crippen molar-refractivity contribution in [2.24, 2.45) is 5.41 Å². The lowest BCUT2D eigenvalue weighted by atomic mass is 9.72. The summed E-state index contributed by atoms with van der Waals surface area (Å²) in [5.41, 5.74) is 0.320. The summed E-state index contributed by atoms with van der Waals surface area (Å²) in [6.07, 6.45) is 10.1. The van der Waals surface area contributed by atoms with E-state index in [1.807, 2.05) is 0 Å². The molecule has 2 nitrogen and oxygen atoms in total. The molecule has 0 aromatic carbocycles. The van der Waals surface area contributed by atoms with Gasteiger partial charge in [0, 0.05) is 12.5 Å². The van der Waals surface area contributed by atoms with Gasteiger partial charge in [0.2, 0.25) is 0 Å². The zero-order chi connectivity index (χ0) is 11.4. The molecule has 0 spiro atoms. The molecule has 2 heteroatoms. The lowest BCUT2D eigenvalue weighted by molar-refractivity contribution is 0.0852. The molecule has 2 rings (SSSR count). The summed E-state index contributed by atoms with van der Waals surface area (Å²) in [6, 6.07) is 3.18. The van der Waals surface area contributed by atoms with Gasteiger partial charge in [-0.3, -0.25) is 0 Å². The molecule has 0 aromatic heterocycles. The normalized spacial score (nSPS) is 36.9. The van der Waals surface area contributed by atoms with Gasteiger partial charge in [0.25, 0.3) is 0 Å². The first kappa shape index (κ1) is 11.9. The Morgan fingerprint density at radius 2 is 1.81 bits per heavy atom. The standard InChI is InChI=1S/C14H24N2/c1-14(9-10-15)7-5-13(6-8-14)16-11-3-2-4-12-16/h13H,2-9,11-12H2,1H3. The number of likely N-dealkylation sites (tertiary alicyclic amines) is 1. The Morgan fingerprint density at radius 3 is 2.38 bits per heavy atom. The molecule has 1 saturated carbocycles. The Labute approximate surface area is 99.6 Å². The van der Waals surface area contributed by atoms with E-state index in [1.54, 1.807) is 0 Å². The molecule has 1 aliphatic carbocycles. The van der Waals surface area contributed by atoms with Crippen LogP contribution in [0, 0.1) is 16.7 Å². The van der Waals surface area contributed by atoms with E-state index in [1.165, 1.54) is 58.0 Å². The lowest BCUT2D eigenvalue weighted by Crippen LogP contribution is -2.42. The maximum Gasteiger partial charge on any atom is 0.0627 e. The number of hydrogen-bond donors (Lipinski definition) is 0. The van der Waals surface area contributed by atoms with Crippen molar-refractivity contribution in [3.8, 4) is 6.07 Å². The van der Waals surface area contributed by atoms with Gasteiger partial charge in [-0.25, -0.2) is 0 Å². The van der Waals surface area contributed by atoms with Crippen LogP contribution in [0.2, 0.25) is 0 Å². The molecule has 0 radical (unpaired) electrons. The molecule has 0 atom stereocenters. The molecule has 1 saturated heterocycles. The van der Waals surface area contributed by atoms with Crippen LogP contribution >= 0.6 is 0 Å². The largest absolute Gasteiger partial charge is 0.300 e. The maximum atomic E-state index is 8.84. The zero-order valence-corrected chi connectivity index (χ0v) is 10.5. The highest BCUT2D eigenvalue weighted by Gasteiger charge is 2.33. The fourth-order valence-corrected chi connectivity index (χ4v) is 3.32. The predicted octanol–water partition coefficient (Wildman–Crippen LogP) is 3.33. The van der Waals surface area contributed by atoms with Gasteiger partial charge in [0.1, 0.15) is 0 Å². The summed E-state index contributed by atoms with van der Waals surface area (Å²) in [4.78, 5) is 2.70. The van der Waals surface area contributed by atoms with E-state index in [4.69, 9.17) is 5.26 Å². The van der Waals surface area contributed by atoms with Crippen molar-refractivity contribution in [2.45, 2.75) is 64.3 Å². The third kappa shape index (κ3) is 2.77. The van der Waals surface area contributed by atoms with Crippen LogP contribution in [0.25, 0.3) is 0 Å². The van der Waals surface area contributed by atoms with Crippen LogP contribution in [0.4, 0.5) is 0 Å². The summed E-state index contributed by atoms with van der Waals surface area (Å²) in [5, 5.41) is 8.84. The minimum Gasteiger partial charge on any atom is -0.300 e. The summed E-state index contributed by atoms with van der Waals surface area (Å²) in [5.74, 6) is 0. The van der Waals surface area contributed by atoms with Gasteiger partial charge in [-0.05, 0) is 57.0 Å². The van der Waals surface area contributed by atoms with Crippen molar-refractivity contribution in [3.63, 3.8) is 0 Å². The van der Waals surface area contributed by atoms with Crippen LogP contribution in [-0.4, -0.2) is 24.0 Å². The van der Waals surface area contributed by atoms with Gasteiger partial charge < -0.3 is 4.90 Å². The Balaban J connectivity index is 1.82. The van der Waals surface area contributed by atoms with E-state index in [0.29, 0.717) is 5.41 Å². The monoisotopic (exact) mass is 220 g/mol. The van der Waals surface area contributed by atoms with Crippen molar-refractivity contribution < 1.29 is 0 Å². The minimum absolute atomic E-state index is 0.320. The third-order valence-corrected chi connectivity index (χ3v) is 4.58. The van der Waals surface area contributed by atoms with Crippen LogP contribution < -0.4 is 0 Å². The number of rotatable bonds is 2. The summed E-state index contributed by atoms with van der Waals surface area (Å²) in [6.45, 7) is 4.93. The quantitative estimate of drug-likeness (QED) is 0.713. The maximum absolute atomic E-state index is 8.84. The second kappa shape index (κ2) is 5.19. The van der Waals surface area contributed by atoms with E-state index >= 15 is 0 Å². The van der Waals surface area contributed by atoms with Crippen LogP contribution in [0.5, 0.6) is 0 Å².